The molecule has 1 aromatic rings. The molecule has 1 saturated heterocycles. The summed E-state index contributed by atoms with van der Waals surface area (Å²) in [4.78, 5) is 47.9. The van der Waals surface area contributed by atoms with E-state index in [1.54, 1.807) is 12.1 Å². The second-order valence-corrected chi connectivity index (χ2v) is 6.76. The lowest BCUT2D eigenvalue weighted by molar-refractivity contribution is -0.140. The number of nitrogens with one attached hydrogen (secondary N) is 1. The molecule has 0 unspecified atom stereocenters. The highest BCUT2D eigenvalue weighted by Crippen LogP contribution is 2.30. The fourth-order valence-electron chi connectivity index (χ4n) is 2.33. The van der Waals surface area contributed by atoms with Crippen LogP contribution in [-0.2, 0) is 19.2 Å². The van der Waals surface area contributed by atoms with Crippen molar-refractivity contribution >= 4 is 41.1 Å². The van der Waals surface area contributed by atoms with Crippen LogP contribution >= 0.6 is 11.8 Å². The summed E-state index contributed by atoms with van der Waals surface area (Å²) >= 11 is 1.07. The molecule has 7 nitrogen and oxygen atoms in total. The Bertz CT molecular complexity index is 674. The quantitative estimate of drug-likeness (QED) is 0.740. The normalized spacial score (nSPS) is 18.6. The Balaban J connectivity index is 2.04. The molecular weight excluding hydrogens is 332 g/mol. The molecule has 0 aromatic heterocycles. The van der Waals surface area contributed by atoms with E-state index in [2.05, 4.69) is 5.32 Å². The summed E-state index contributed by atoms with van der Waals surface area (Å²) in [6.07, 6.45) is 0.0176. The number of thioether (sulfide) groups is 1. The van der Waals surface area contributed by atoms with Gasteiger partial charge in [0.1, 0.15) is 6.04 Å². The third-order valence-electron chi connectivity index (χ3n) is 3.54. The molecule has 2 rings (SSSR count). The Morgan fingerprint density at radius 2 is 1.96 bits per heavy atom. The molecule has 0 aliphatic carbocycles. The van der Waals surface area contributed by atoms with Crippen molar-refractivity contribution in [2.75, 3.05) is 10.7 Å². The van der Waals surface area contributed by atoms with E-state index in [0.717, 1.165) is 22.2 Å². The average molecular weight is 350 g/mol. The standard InChI is InChI=1S/C16H18N2O5S/c1-9-3-5-11(6-4-9)18-14(20)7-13(15(18)21)24-8-12(16(22)23)17-10(2)19/h3-6,12-13H,7-8H2,1-2H3,(H,17,19)(H,22,23)/t12-,13+/m1/s1. The van der Waals surface area contributed by atoms with E-state index >= 15 is 0 Å². The SMILES string of the molecule is CC(=O)N[C@H](CS[C@H]1CC(=O)N(c2ccc(C)cc2)C1=O)C(=O)O. The van der Waals surface area contributed by atoms with Crippen molar-refractivity contribution in [2.45, 2.75) is 31.6 Å². The second kappa shape index (κ2) is 7.48. The summed E-state index contributed by atoms with van der Waals surface area (Å²) in [5.41, 5.74) is 1.53. The zero-order chi connectivity index (χ0) is 17.9. The number of nitrogens with zero attached hydrogens (tertiary/aromatic N) is 1. The van der Waals surface area contributed by atoms with Gasteiger partial charge in [-0.2, -0.15) is 0 Å². The number of benzene rings is 1. The van der Waals surface area contributed by atoms with Gasteiger partial charge in [0.2, 0.25) is 17.7 Å². The second-order valence-electron chi connectivity index (χ2n) is 5.52. The molecule has 0 saturated carbocycles. The molecule has 0 spiro atoms. The number of amides is 3. The van der Waals surface area contributed by atoms with Gasteiger partial charge < -0.3 is 10.4 Å². The zero-order valence-electron chi connectivity index (χ0n) is 13.3. The number of imide groups is 1. The van der Waals surface area contributed by atoms with Crippen LogP contribution in [0, 0.1) is 6.92 Å². The Kier molecular flexibility index (Phi) is 5.61. The van der Waals surface area contributed by atoms with Crippen LogP contribution in [0.4, 0.5) is 5.69 Å². The molecule has 0 bridgehead atoms. The molecule has 8 heteroatoms. The molecule has 1 aliphatic heterocycles. The summed E-state index contributed by atoms with van der Waals surface area (Å²) in [6, 6.07) is 5.94. The van der Waals surface area contributed by atoms with Gasteiger partial charge in [-0.1, -0.05) is 17.7 Å². The third kappa shape index (κ3) is 4.14. The van der Waals surface area contributed by atoms with Crippen molar-refractivity contribution in [3.8, 4) is 0 Å². The number of aryl methyl sites for hydroxylation is 1. The first kappa shape index (κ1) is 18.0. The fraction of sp³-hybridized carbons (Fsp3) is 0.375. The highest BCUT2D eigenvalue weighted by Gasteiger charge is 2.40. The fourth-order valence-corrected chi connectivity index (χ4v) is 3.49. The summed E-state index contributed by atoms with van der Waals surface area (Å²) < 4.78 is 0. The van der Waals surface area contributed by atoms with Crippen molar-refractivity contribution in [1.29, 1.82) is 0 Å². The van der Waals surface area contributed by atoms with Crippen LogP contribution in [0.15, 0.2) is 24.3 Å². The Hall–Kier alpha value is -2.35. The van der Waals surface area contributed by atoms with E-state index in [-0.39, 0.29) is 24.0 Å². The Morgan fingerprint density at radius 3 is 2.50 bits per heavy atom. The van der Waals surface area contributed by atoms with Gasteiger partial charge in [-0.15, -0.1) is 11.8 Å². The van der Waals surface area contributed by atoms with Crippen LogP contribution in [0.25, 0.3) is 0 Å². The molecule has 2 N–H and O–H groups in total. The van der Waals surface area contributed by atoms with Crippen molar-refractivity contribution in [3.05, 3.63) is 29.8 Å². The molecule has 1 aromatic carbocycles. The number of hydrogen-bond donors (Lipinski definition) is 2. The predicted octanol–water partition coefficient (Wildman–Crippen LogP) is 0.949. The lowest BCUT2D eigenvalue weighted by Crippen LogP contribution is -2.42. The van der Waals surface area contributed by atoms with Gasteiger partial charge in [0.15, 0.2) is 0 Å². The maximum absolute atomic E-state index is 12.5. The van der Waals surface area contributed by atoms with Crippen LogP contribution in [-0.4, -0.2) is 45.8 Å². The highest BCUT2D eigenvalue weighted by molar-refractivity contribution is 8.00. The van der Waals surface area contributed by atoms with Crippen LogP contribution in [0.2, 0.25) is 0 Å². The van der Waals surface area contributed by atoms with E-state index < -0.39 is 23.2 Å². The van der Waals surface area contributed by atoms with E-state index in [1.807, 2.05) is 19.1 Å². The monoisotopic (exact) mass is 350 g/mol. The van der Waals surface area contributed by atoms with Crippen LogP contribution < -0.4 is 10.2 Å². The first-order valence-electron chi connectivity index (χ1n) is 7.34. The van der Waals surface area contributed by atoms with Gasteiger partial charge in [0.05, 0.1) is 10.9 Å². The third-order valence-corrected chi connectivity index (χ3v) is 4.83. The number of hydrogen-bond acceptors (Lipinski definition) is 5. The lowest BCUT2D eigenvalue weighted by Gasteiger charge is -2.16. The van der Waals surface area contributed by atoms with Crippen LogP contribution in [0.5, 0.6) is 0 Å². The Morgan fingerprint density at radius 1 is 1.33 bits per heavy atom. The predicted molar refractivity (Wildman–Crippen MR) is 89.8 cm³/mol. The summed E-state index contributed by atoms with van der Waals surface area (Å²) in [5.74, 6) is -2.29. The minimum atomic E-state index is -1.18. The van der Waals surface area contributed by atoms with Gasteiger partial charge in [0.25, 0.3) is 0 Å². The smallest absolute Gasteiger partial charge is 0.327 e. The molecule has 2 atom stereocenters. The van der Waals surface area contributed by atoms with E-state index in [4.69, 9.17) is 5.11 Å². The minimum absolute atomic E-state index is 0.0142. The molecule has 3 amide bonds. The minimum Gasteiger partial charge on any atom is -0.480 e. The van der Waals surface area contributed by atoms with Gasteiger partial charge in [-0.25, -0.2) is 9.69 Å². The largest absolute Gasteiger partial charge is 0.480 e. The van der Waals surface area contributed by atoms with Crippen LogP contribution in [0.3, 0.4) is 0 Å². The van der Waals surface area contributed by atoms with E-state index in [1.165, 1.54) is 6.92 Å². The van der Waals surface area contributed by atoms with Gasteiger partial charge in [-0.05, 0) is 19.1 Å². The maximum Gasteiger partial charge on any atom is 0.327 e. The number of anilines is 1. The number of carboxylic acid groups (broad SMARTS) is 1. The number of carbonyl (C=O) groups is 4. The van der Waals surface area contributed by atoms with Crippen molar-refractivity contribution < 1.29 is 24.3 Å². The topological polar surface area (TPSA) is 104 Å². The lowest BCUT2D eigenvalue weighted by atomic mass is 10.2. The van der Waals surface area contributed by atoms with Gasteiger partial charge in [-0.3, -0.25) is 14.4 Å². The average Bonchev–Trinajstić information content (AvgIpc) is 2.78. The van der Waals surface area contributed by atoms with Gasteiger partial charge >= 0.3 is 5.97 Å². The van der Waals surface area contributed by atoms with Crippen LogP contribution in [0.1, 0.15) is 18.9 Å². The molecule has 1 fully saturated rings. The van der Waals surface area contributed by atoms with Gasteiger partial charge in [0, 0.05) is 19.1 Å². The molecule has 1 aliphatic rings. The molecule has 128 valence electrons. The number of rotatable bonds is 6. The molecular formula is C16H18N2O5S. The number of carboxylic acids is 1. The summed E-state index contributed by atoms with van der Waals surface area (Å²) in [7, 11) is 0. The van der Waals surface area contributed by atoms with Crippen molar-refractivity contribution in [1.82, 2.24) is 5.32 Å². The number of aliphatic carboxylic acids is 1. The first-order valence-corrected chi connectivity index (χ1v) is 8.39. The molecule has 1 heterocycles. The Labute approximate surface area is 143 Å². The summed E-state index contributed by atoms with van der Waals surface area (Å²) in [6.45, 7) is 3.13. The summed E-state index contributed by atoms with van der Waals surface area (Å²) in [5, 5.41) is 10.7. The number of carbonyl (C=O) groups excluding carboxylic acids is 3. The van der Waals surface area contributed by atoms with Crippen molar-refractivity contribution in [3.63, 3.8) is 0 Å². The molecule has 0 radical (unpaired) electrons. The molecule has 24 heavy (non-hydrogen) atoms. The maximum atomic E-state index is 12.5. The zero-order valence-corrected chi connectivity index (χ0v) is 14.1. The van der Waals surface area contributed by atoms with E-state index in [0.29, 0.717) is 5.69 Å². The van der Waals surface area contributed by atoms with E-state index in [9.17, 15) is 19.2 Å². The first-order chi connectivity index (χ1) is 11.3. The van der Waals surface area contributed by atoms with Crippen molar-refractivity contribution in [2.24, 2.45) is 0 Å². The highest BCUT2D eigenvalue weighted by atomic mass is 32.2.